The van der Waals surface area contributed by atoms with E-state index in [0.717, 1.165) is 12.1 Å². The summed E-state index contributed by atoms with van der Waals surface area (Å²) in [5.74, 6) is -2.71. The van der Waals surface area contributed by atoms with E-state index in [9.17, 15) is 22.8 Å². The van der Waals surface area contributed by atoms with Gasteiger partial charge in [0.05, 0.1) is 11.1 Å². The zero-order chi connectivity index (χ0) is 13.2. The number of halogens is 3. The van der Waals surface area contributed by atoms with Gasteiger partial charge in [0.25, 0.3) is 0 Å². The molecule has 0 aliphatic carbocycles. The minimum Gasteiger partial charge on any atom is -0.406 e. The fraction of sp³-hybridized carbons (Fsp3) is 0.111. The van der Waals surface area contributed by atoms with Crippen LogP contribution in [0.3, 0.4) is 0 Å². The van der Waals surface area contributed by atoms with E-state index in [1.807, 2.05) is 0 Å². The van der Waals surface area contributed by atoms with Crippen LogP contribution in [-0.4, -0.2) is 18.2 Å². The molecule has 0 bridgehead atoms. The second-order valence-electron chi connectivity index (χ2n) is 2.98. The van der Waals surface area contributed by atoms with Crippen molar-refractivity contribution >= 4 is 11.8 Å². The maximum absolute atomic E-state index is 11.9. The second kappa shape index (κ2) is 4.32. The van der Waals surface area contributed by atoms with E-state index >= 15 is 0 Å². The van der Waals surface area contributed by atoms with Crippen molar-refractivity contribution in [2.45, 2.75) is 6.36 Å². The molecule has 0 spiro atoms. The summed E-state index contributed by atoms with van der Waals surface area (Å²) in [6.45, 7) is 0. The van der Waals surface area contributed by atoms with Crippen molar-refractivity contribution in [2.24, 2.45) is 11.5 Å². The van der Waals surface area contributed by atoms with Crippen molar-refractivity contribution in [3.05, 3.63) is 29.3 Å². The third-order valence-corrected chi connectivity index (χ3v) is 1.76. The molecule has 0 saturated heterocycles. The van der Waals surface area contributed by atoms with Crippen LogP contribution < -0.4 is 16.2 Å². The number of rotatable bonds is 3. The molecular weight excluding hydrogens is 241 g/mol. The van der Waals surface area contributed by atoms with E-state index in [1.165, 1.54) is 0 Å². The van der Waals surface area contributed by atoms with Crippen LogP contribution in [0.15, 0.2) is 18.2 Å². The summed E-state index contributed by atoms with van der Waals surface area (Å²) in [4.78, 5) is 21.8. The van der Waals surface area contributed by atoms with E-state index in [0.29, 0.717) is 6.07 Å². The first kappa shape index (κ1) is 12.8. The first-order chi connectivity index (χ1) is 7.70. The highest BCUT2D eigenvalue weighted by molar-refractivity contribution is 6.06. The van der Waals surface area contributed by atoms with Crippen molar-refractivity contribution in [2.75, 3.05) is 0 Å². The van der Waals surface area contributed by atoms with Gasteiger partial charge in [0, 0.05) is 0 Å². The van der Waals surface area contributed by atoms with Crippen LogP contribution in [-0.2, 0) is 0 Å². The van der Waals surface area contributed by atoms with E-state index in [-0.39, 0.29) is 5.56 Å². The van der Waals surface area contributed by atoms with Crippen molar-refractivity contribution < 1.29 is 27.5 Å². The van der Waals surface area contributed by atoms with Gasteiger partial charge < -0.3 is 16.2 Å². The van der Waals surface area contributed by atoms with Crippen LogP contribution in [0, 0.1) is 0 Å². The molecule has 2 amide bonds. The Balaban J connectivity index is 3.19. The molecule has 0 fully saturated rings. The van der Waals surface area contributed by atoms with Gasteiger partial charge in [-0.3, -0.25) is 9.59 Å². The Morgan fingerprint density at radius 2 is 1.59 bits per heavy atom. The zero-order valence-corrected chi connectivity index (χ0v) is 8.25. The molecule has 0 atom stereocenters. The average molecular weight is 248 g/mol. The lowest BCUT2D eigenvalue weighted by Crippen LogP contribution is -2.22. The summed E-state index contributed by atoms with van der Waals surface area (Å²) in [7, 11) is 0. The number of carbonyl (C=O) groups excluding carboxylic acids is 2. The van der Waals surface area contributed by atoms with Crippen LogP contribution in [0.5, 0.6) is 5.75 Å². The smallest absolute Gasteiger partial charge is 0.406 e. The van der Waals surface area contributed by atoms with E-state index in [4.69, 9.17) is 11.5 Å². The maximum atomic E-state index is 11.9. The molecule has 17 heavy (non-hydrogen) atoms. The number of carbonyl (C=O) groups is 2. The van der Waals surface area contributed by atoms with Gasteiger partial charge in [0.2, 0.25) is 11.8 Å². The van der Waals surface area contributed by atoms with E-state index in [2.05, 4.69) is 4.74 Å². The van der Waals surface area contributed by atoms with E-state index < -0.39 is 29.5 Å². The second-order valence-corrected chi connectivity index (χ2v) is 2.98. The fourth-order valence-corrected chi connectivity index (χ4v) is 1.14. The van der Waals surface area contributed by atoms with E-state index in [1.54, 1.807) is 0 Å². The molecule has 8 heteroatoms. The van der Waals surface area contributed by atoms with Crippen LogP contribution in [0.25, 0.3) is 0 Å². The van der Waals surface area contributed by atoms with Gasteiger partial charge in [0.1, 0.15) is 5.75 Å². The van der Waals surface area contributed by atoms with Gasteiger partial charge >= 0.3 is 6.36 Å². The highest BCUT2D eigenvalue weighted by Crippen LogP contribution is 2.24. The Labute approximate surface area is 93.1 Å². The third-order valence-electron chi connectivity index (χ3n) is 1.76. The topological polar surface area (TPSA) is 95.4 Å². The molecule has 0 aliphatic rings. The zero-order valence-electron chi connectivity index (χ0n) is 8.25. The highest BCUT2D eigenvalue weighted by Gasteiger charge is 2.31. The number of nitrogens with two attached hydrogens (primary N) is 2. The largest absolute Gasteiger partial charge is 0.573 e. The van der Waals surface area contributed by atoms with Crippen LogP contribution in [0.1, 0.15) is 20.7 Å². The molecule has 1 rings (SSSR count). The molecule has 0 radical (unpaired) electrons. The van der Waals surface area contributed by atoms with Crippen molar-refractivity contribution in [3.8, 4) is 5.75 Å². The Morgan fingerprint density at radius 3 is 2.00 bits per heavy atom. The maximum Gasteiger partial charge on any atom is 0.573 e. The number of hydrogen-bond donors (Lipinski definition) is 2. The number of alkyl halides is 3. The lowest BCUT2D eigenvalue weighted by molar-refractivity contribution is -0.274. The molecule has 0 saturated carbocycles. The normalized spacial score (nSPS) is 11.0. The van der Waals surface area contributed by atoms with Crippen LogP contribution in [0.2, 0.25) is 0 Å². The molecule has 0 aromatic heterocycles. The third kappa shape index (κ3) is 3.37. The lowest BCUT2D eigenvalue weighted by atomic mass is 10.1. The number of primary amides is 2. The SMILES string of the molecule is NC(=O)c1ccc(OC(F)(F)F)cc1C(N)=O. The summed E-state index contributed by atoms with van der Waals surface area (Å²) < 4.78 is 39.3. The van der Waals surface area contributed by atoms with Crippen molar-refractivity contribution in [1.82, 2.24) is 0 Å². The minimum absolute atomic E-state index is 0.271. The van der Waals surface area contributed by atoms with Crippen LogP contribution in [0.4, 0.5) is 13.2 Å². The molecule has 0 heterocycles. The summed E-state index contributed by atoms with van der Waals surface area (Å²) in [6.07, 6.45) is -4.90. The standard InChI is InChI=1S/C9H7F3N2O3/c10-9(11,12)17-4-1-2-5(7(13)15)6(3-4)8(14)16/h1-3H,(H2,13,15)(H2,14,16). The molecule has 1 aromatic carbocycles. The first-order valence-corrected chi connectivity index (χ1v) is 4.20. The van der Waals surface area contributed by atoms with Crippen LogP contribution >= 0.6 is 0 Å². The van der Waals surface area contributed by atoms with Gasteiger partial charge in [-0.25, -0.2) is 0 Å². The molecular formula is C9H7F3N2O3. The van der Waals surface area contributed by atoms with Crippen molar-refractivity contribution in [1.29, 1.82) is 0 Å². The fourth-order valence-electron chi connectivity index (χ4n) is 1.14. The molecule has 92 valence electrons. The Kier molecular flexibility index (Phi) is 3.26. The average Bonchev–Trinajstić information content (AvgIpc) is 2.14. The summed E-state index contributed by atoms with van der Waals surface area (Å²) >= 11 is 0. The quantitative estimate of drug-likeness (QED) is 0.827. The Hall–Kier alpha value is -2.25. The number of amides is 2. The summed E-state index contributed by atoms with van der Waals surface area (Å²) in [5.41, 5.74) is 9.12. The molecule has 0 aliphatic heterocycles. The lowest BCUT2D eigenvalue weighted by Gasteiger charge is -2.10. The highest BCUT2D eigenvalue weighted by atomic mass is 19.4. The van der Waals surface area contributed by atoms with Gasteiger partial charge in [-0.1, -0.05) is 0 Å². The van der Waals surface area contributed by atoms with Gasteiger partial charge in [-0.2, -0.15) is 0 Å². The molecule has 1 aromatic rings. The predicted molar refractivity (Wildman–Crippen MR) is 50.2 cm³/mol. The molecule has 0 unspecified atom stereocenters. The Bertz CT molecular complexity index is 471. The number of hydrogen-bond acceptors (Lipinski definition) is 3. The first-order valence-electron chi connectivity index (χ1n) is 4.20. The molecule has 5 nitrogen and oxygen atoms in total. The Morgan fingerprint density at radius 1 is 1.06 bits per heavy atom. The number of ether oxygens (including phenoxy) is 1. The minimum atomic E-state index is -4.90. The predicted octanol–water partition coefficient (Wildman–Crippen LogP) is 0.783. The molecule has 4 N–H and O–H groups in total. The van der Waals surface area contributed by atoms with Gasteiger partial charge in [0.15, 0.2) is 0 Å². The van der Waals surface area contributed by atoms with Gasteiger partial charge in [-0.05, 0) is 18.2 Å². The summed E-state index contributed by atoms with van der Waals surface area (Å²) in [6, 6.07) is 2.50. The van der Waals surface area contributed by atoms with Gasteiger partial charge in [-0.15, -0.1) is 13.2 Å². The monoisotopic (exact) mass is 248 g/mol. The summed E-state index contributed by atoms with van der Waals surface area (Å²) in [5, 5.41) is 0. The van der Waals surface area contributed by atoms with Crippen molar-refractivity contribution in [3.63, 3.8) is 0 Å². The number of benzene rings is 1.